The summed E-state index contributed by atoms with van der Waals surface area (Å²) in [5.74, 6) is 0.220. The van der Waals surface area contributed by atoms with Crippen molar-refractivity contribution < 1.29 is 9.90 Å². The standard InChI is InChI=1S/C15H18N4O2/c1-15(2,10-20)19-13(21)11-5-3-6-12(9-11)18-14-16-7-4-8-17-14/h3-9,20H,10H2,1-2H3,(H,19,21)(H,16,17,18). The monoisotopic (exact) mass is 286 g/mol. The van der Waals surface area contributed by atoms with Crippen LogP contribution < -0.4 is 10.6 Å². The molecule has 0 radical (unpaired) electrons. The van der Waals surface area contributed by atoms with Crippen LogP contribution >= 0.6 is 0 Å². The van der Waals surface area contributed by atoms with Crippen molar-refractivity contribution in [1.82, 2.24) is 15.3 Å². The Morgan fingerprint density at radius 2 is 1.95 bits per heavy atom. The molecule has 2 aromatic rings. The minimum atomic E-state index is -0.664. The fraction of sp³-hybridized carbons (Fsp3) is 0.267. The van der Waals surface area contributed by atoms with E-state index in [2.05, 4.69) is 20.6 Å². The van der Waals surface area contributed by atoms with Crippen LogP contribution in [-0.2, 0) is 0 Å². The third-order valence-electron chi connectivity index (χ3n) is 2.79. The normalized spacial score (nSPS) is 11.0. The molecule has 0 spiro atoms. The summed E-state index contributed by atoms with van der Waals surface area (Å²) < 4.78 is 0. The van der Waals surface area contributed by atoms with E-state index in [1.165, 1.54) is 0 Å². The molecule has 0 aliphatic carbocycles. The molecule has 0 bridgehead atoms. The highest BCUT2D eigenvalue weighted by Crippen LogP contribution is 2.15. The van der Waals surface area contributed by atoms with Gasteiger partial charge in [0.25, 0.3) is 5.91 Å². The molecule has 1 aromatic carbocycles. The topological polar surface area (TPSA) is 87.1 Å². The van der Waals surface area contributed by atoms with Crippen molar-refractivity contribution in [2.45, 2.75) is 19.4 Å². The van der Waals surface area contributed by atoms with Gasteiger partial charge in [-0.25, -0.2) is 9.97 Å². The van der Waals surface area contributed by atoms with E-state index < -0.39 is 5.54 Å². The summed E-state index contributed by atoms with van der Waals surface area (Å²) in [6.07, 6.45) is 3.27. The molecule has 2 rings (SSSR count). The molecule has 0 aliphatic rings. The quantitative estimate of drug-likeness (QED) is 0.779. The number of anilines is 2. The molecule has 0 unspecified atom stereocenters. The number of amides is 1. The van der Waals surface area contributed by atoms with E-state index in [0.717, 1.165) is 5.69 Å². The maximum Gasteiger partial charge on any atom is 0.251 e. The molecule has 0 atom stereocenters. The summed E-state index contributed by atoms with van der Waals surface area (Å²) in [5.41, 5.74) is 0.552. The molecule has 21 heavy (non-hydrogen) atoms. The number of aliphatic hydroxyl groups excluding tert-OH is 1. The molecule has 0 aliphatic heterocycles. The summed E-state index contributed by atoms with van der Waals surface area (Å²) in [6.45, 7) is 3.38. The maximum atomic E-state index is 12.1. The van der Waals surface area contributed by atoms with Crippen molar-refractivity contribution in [2.75, 3.05) is 11.9 Å². The van der Waals surface area contributed by atoms with Gasteiger partial charge in [0.05, 0.1) is 12.1 Å². The van der Waals surface area contributed by atoms with Crippen LogP contribution in [0.1, 0.15) is 24.2 Å². The number of nitrogens with zero attached hydrogens (tertiary/aromatic N) is 2. The molecule has 1 amide bonds. The Morgan fingerprint density at radius 1 is 1.24 bits per heavy atom. The third-order valence-corrected chi connectivity index (χ3v) is 2.79. The van der Waals surface area contributed by atoms with Crippen LogP contribution in [-0.4, -0.2) is 33.1 Å². The highest BCUT2D eigenvalue weighted by atomic mass is 16.3. The maximum absolute atomic E-state index is 12.1. The third kappa shape index (κ3) is 4.25. The van der Waals surface area contributed by atoms with Gasteiger partial charge in [0.2, 0.25) is 5.95 Å². The zero-order valence-electron chi connectivity index (χ0n) is 12.0. The predicted octanol–water partition coefficient (Wildman–Crippen LogP) is 1.72. The van der Waals surface area contributed by atoms with Crippen molar-refractivity contribution >= 4 is 17.5 Å². The molecule has 1 aromatic heterocycles. The summed E-state index contributed by atoms with van der Waals surface area (Å²) in [4.78, 5) is 20.3. The fourth-order valence-electron chi connectivity index (χ4n) is 1.65. The summed E-state index contributed by atoms with van der Waals surface area (Å²) in [6, 6.07) is 8.74. The fourth-order valence-corrected chi connectivity index (χ4v) is 1.65. The van der Waals surface area contributed by atoms with Crippen molar-refractivity contribution in [2.24, 2.45) is 0 Å². The van der Waals surface area contributed by atoms with Gasteiger partial charge in [-0.3, -0.25) is 4.79 Å². The minimum Gasteiger partial charge on any atom is -0.394 e. The van der Waals surface area contributed by atoms with Crippen LogP contribution in [0, 0.1) is 0 Å². The molecule has 0 saturated heterocycles. The molecule has 6 heteroatoms. The van der Waals surface area contributed by atoms with Gasteiger partial charge in [0.15, 0.2) is 0 Å². The van der Waals surface area contributed by atoms with Crippen LogP contribution in [0.2, 0.25) is 0 Å². The summed E-state index contributed by atoms with van der Waals surface area (Å²) >= 11 is 0. The highest BCUT2D eigenvalue weighted by Gasteiger charge is 2.20. The van der Waals surface area contributed by atoms with Gasteiger partial charge in [0, 0.05) is 23.6 Å². The molecular weight excluding hydrogens is 268 g/mol. The number of carbonyl (C=O) groups is 1. The molecule has 0 saturated carbocycles. The smallest absolute Gasteiger partial charge is 0.251 e. The first-order valence-electron chi connectivity index (χ1n) is 6.58. The number of aromatic nitrogens is 2. The number of nitrogens with one attached hydrogen (secondary N) is 2. The lowest BCUT2D eigenvalue weighted by Crippen LogP contribution is -2.46. The van der Waals surface area contributed by atoms with E-state index in [4.69, 9.17) is 0 Å². The van der Waals surface area contributed by atoms with Gasteiger partial charge in [0.1, 0.15) is 0 Å². The average Bonchev–Trinajstić information content (AvgIpc) is 2.48. The van der Waals surface area contributed by atoms with Gasteiger partial charge in [-0.15, -0.1) is 0 Å². The van der Waals surface area contributed by atoms with Gasteiger partial charge in [-0.2, -0.15) is 0 Å². The first kappa shape index (κ1) is 14.9. The number of benzene rings is 1. The number of rotatable bonds is 5. The Hall–Kier alpha value is -2.47. The Balaban J connectivity index is 2.12. The predicted molar refractivity (Wildman–Crippen MR) is 80.4 cm³/mol. The highest BCUT2D eigenvalue weighted by molar-refractivity contribution is 5.95. The number of hydrogen-bond donors (Lipinski definition) is 3. The van der Waals surface area contributed by atoms with Crippen LogP contribution in [0.3, 0.4) is 0 Å². The van der Waals surface area contributed by atoms with Crippen LogP contribution in [0.4, 0.5) is 11.6 Å². The van der Waals surface area contributed by atoms with E-state index in [-0.39, 0.29) is 12.5 Å². The van der Waals surface area contributed by atoms with Gasteiger partial charge in [-0.1, -0.05) is 6.07 Å². The van der Waals surface area contributed by atoms with Gasteiger partial charge >= 0.3 is 0 Å². The molecule has 6 nitrogen and oxygen atoms in total. The number of aliphatic hydroxyl groups is 1. The van der Waals surface area contributed by atoms with E-state index in [1.54, 1.807) is 50.5 Å². The summed E-state index contributed by atoms with van der Waals surface area (Å²) in [7, 11) is 0. The Kier molecular flexibility index (Phi) is 4.49. The zero-order chi connectivity index (χ0) is 15.3. The number of carbonyl (C=O) groups excluding carboxylic acids is 1. The average molecular weight is 286 g/mol. The van der Waals surface area contributed by atoms with Crippen LogP contribution in [0.25, 0.3) is 0 Å². The minimum absolute atomic E-state index is 0.130. The van der Waals surface area contributed by atoms with E-state index >= 15 is 0 Å². The molecular formula is C15H18N4O2. The molecule has 0 fully saturated rings. The van der Waals surface area contributed by atoms with E-state index in [1.807, 2.05) is 6.07 Å². The number of hydrogen-bond acceptors (Lipinski definition) is 5. The van der Waals surface area contributed by atoms with Crippen molar-refractivity contribution in [3.63, 3.8) is 0 Å². The lowest BCUT2D eigenvalue weighted by molar-refractivity contribution is 0.0869. The van der Waals surface area contributed by atoms with Gasteiger partial charge in [-0.05, 0) is 38.1 Å². The second-order valence-electron chi connectivity index (χ2n) is 5.27. The second kappa shape index (κ2) is 6.32. The SMILES string of the molecule is CC(C)(CO)NC(=O)c1cccc(Nc2ncccn2)c1. The van der Waals surface area contributed by atoms with Crippen molar-refractivity contribution in [1.29, 1.82) is 0 Å². The lowest BCUT2D eigenvalue weighted by Gasteiger charge is -2.23. The van der Waals surface area contributed by atoms with E-state index in [9.17, 15) is 9.90 Å². The Morgan fingerprint density at radius 3 is 2.62 bits per heavy atom. The molecule has 3 N–H and O–H groups in total. The van der Waals surface area contributed by atoms with Crippen molar-refractivity contribution in [3.05, 3.63) is 48.3 Å². The van der Waals surface area contributed by atoms with Crippen LogP contribution in [0.15, 0.2) is 42.7 Å². The van der Waals surface area contributed by atoms with Crippen molar-refractivity contribution in [3.8, 4) is 0 Å². The largest absolute Gasteiger partial charge is 0.394 e. The Labute approximate surface area is 123 Å². The summed E-state index contributed by atoms with van der Waals surface area (Å²) in [5, 5.41) is 15.0. The molecule has 110 valence electrons. The zero-order valence-corrected chi connectivity index (χ0v) is 12.0. The second-order valence-corrected chi connectivity index (χ2v) is 5.27. The van der Waals surface area contributed by atoms with E-state index in [0.29, 0.717) is 11.5 Å². The first-order valence-corrected chi connectivity index (χ1v) is 6.58. The Bertz CT molecular complexity index is 614. The van der Waals surface area contributed by atoms with Gasteiger partial charge < -0.3 is 15.7 Å². The lowest BCUT2D eigenvalue weighted by atomic mass is 10.1. The first-order chi connectivity index (χ1) is 10.00. The van der Waals surface area contributed by atoms with Crippen LogP contribution in [0.5, 0.6) is 0 Å². The molecule has 1 heterocycles.